The minimum atomic E-state index is -0.0812. The zero-order valence-corrected chi connectivity index (χ0v) is 13.8. The highest BCUT2D eigenvalue weighted by atomic mass is 79.9. The molecule has 0 fully saturated rings. The third kappa shape index (κ3) is 3.54. The van der Waals surface area contributed by atoms with E-state index in [0.717, 1.165) is 16.8 Å². The number of hydrogen-bond acceptors (Lipinski definition) is 3. The van der Waals surface area contributed by atoms with Gasteiger partial charge in [0.1, 0.15) is 12.2 Å². The number of rotatable bonds is 4. The van der Waals surface area contributed by atoms with Crippen LogP contribution in [0.5, 0.6) is 0 Å². The van der Waals surface area contributed by atoms with E-state index in [1.165, 1.54) is 6.33 Å². The van der Waals surface area contributed by atoms with Crippen molar-refractivity contribution in [2.24, 2.45) is 5.92 Å². The Kier molecular flexibility index (Phi) is 4.57. The molecule has 0 atom stereocenters. The van der Waals surface area contributed by atoms with Crippen molar-refractivity contribution in [1.82, 2.24) is 19.3 Å². The molecule has 2 aromatic rings. The largest absolute Gasteiger partial charge is 0.306 e. The van der Waals surface area contributed by atoms with Gasteiger partial charge in [-0.15, -0.1) is 0 Å². The van der Waals surface area contributed by atoms with E-state index in [2.05, 4.69) is 55.8 Å². The molecule has 0 N–H and O–H groups in total. The third-order valence-corrected chi connectivity index (χ3v) is 3.56. The van der Waals surface area contributed by atoms with Gasteiger partial charge in [-0.05, 0) is 43.8 Å². The van der Waals surface area contributed by atoms with E-state index in [9.17, 15) is 4.79 Å². The van der Waals surface area contributed by atoms with Crippen LogP contribution in [0.25, 0.3) is 0 Å². The monoisotopic (exact) mass is 388 g/mol. The highest BCUT2D eigenvalue weighted by Crippen LogP contribution is 2.13. The standard InChI is InChI=1S/C12H14Br2N4O/c1-8(2)4-18-11(15-7-16-18)6-17-5-9(13)3-10(14)12(17)19/h3,5,7-8H,4,6H2,1-2H3. The van der Waals surface area contributed by atoms with Crippen LogP contribution in [0, 0.1) is 5.92 Å². The third-order valence-electron chi connectivity index (χ3n) is 2.55. The van der Waals surface area contributed by atoms with Gasteiger partial charge in [0.25, 0.3) is 5.56 Å². The minimum absolute atomic E-state index is 0.0812. The summed E-state index contributed by atoms with van der Waals surface area (Å²) in [5.74, 6) is 1.26. The van der Waals surface area contributed by atoms with E-state index >= 15 is 0 Å². The Morgan fingerprint density at radius 2 is 2.11 bits per heavy atom. The van der Waals surface area contributed by atoms with E-state index in [0.29, 0.717) is 16.9 Å². The van der Waals surface area contributed by atoms with Crippen LogP contribution in [0.3, 0.4) is 0 Å². The molecule has 0 saturated carbocycles. The fourth-order valence-corrected chi connectivity index (χ4v) is 3.00. The molecule has 0 saturated heterocycles. The molecule has 0 unspecified atom stereocenters. The number of halogens is 2. The first kappa shape index (κ1) is 14.5. The van der Waals surface area contributed by atoms with Crippen molar-refractivity contribution >= 4 is 31.9 Å². The Bertz CT molecular complexity index is 633. The van der Waals surface area contributed by atoms with E-state index in [1.807, 2.05) is 4.68 Å². The van der Waals surface area contributed by atoms with Crippen molar-refractivity contribution in [2.45, 2.75) is 26.9 Å². The second kappa shape index (κ2) is 6.00. The van der Waals surface area contributed by atoms with Crippen LogP contribution >= 0.6 is 31.9 Å². The predicted molar refractivity (Wildman–Crippen MR) is 80.1 cm³/mol. The lowest BCUT2D eigenvalue weighted by atomic mass is 10.2. The minimum Gasteiger partial charge on any atom is -0.306 e. The molecule has 0 bridgehead atoms. The Morgan fingerprint density at radius 3 is 2.79 bits per heavy atom. The number of aromatic nitrogens is 4. The fourth-order valence-electron chi connectivity index (χ4n) is 1.74. The van der Waals surface area contributed by atoms with Crippen LogP contribution in [-0.2, 0) is 13.1 Å². The number of pyridine rings is 1. The Hall–Kier alpha value is -0.950. The van der Waals surface area contributed by atoms with Gasteiger partial charge in [-0.25, -0.2) is 9.67 Å². The molecule has 2 aromatic heterocycles. The summed E-state index contributed by atoms with van der Waals surface area (Å²) in [6.07, 6.45) is 3.28. The predicted octanol–water partition coefficient (Wildman–Crippen LogP) is 2.67. The summed E-state index contributed by atoms with van der Waals surface area (Å²) in [5, 5.41) is 4.19. The van der Waals surface area contributed by atoms with Gasteiger partial charge in [0.2, 0.25) is 0 Å². The van der Waals surface area contributed by atoms with Gasteiger partial charge in [-0.2, -0.15) is 5.10 Å². The molecule has 102 valence electrons. The molecule has 19 heavy (non-hydrogen) atoms. The molecule has 0 aliphatic rings. The summed E-state index contributed by atoms with van der Waals surface area (Å²) in [4.78, 5) is 16.2. The van der Waals surface area contributed by atoms with Crippen molar-refractivity contribution in [1.29, 1.82) is 0 Å². The van der Waals surface area contributed by atoms with Gasteiger partial charge in [-0.3, -0.25) is 4.79 Å². The topological polar surface area (TPSA) is 52.7 Å². The zero-order chi connectivity index (χ0) is 14.0. The molecule has 0 aliphatic carbocycles. The van der Waals surface area contributed by atoms with Crippen molar-refractivity contribution < 1.29 is 0 Å². The van der Waals surface area contributed by atoms with Gasteiger partial charge in [0.15, 0.2) is 0 Å². The second-order valence-corrected chi connectivity index (χ2v) is 6.46. The molecule has 5 nitrogen and oxygen atoms in total. The first-order chi connectivity index (χ1) is 8.97. The van der Waals surface area contributed by atoms with E-state index in [-0.39, 0.29) is 5.56 Å². The summed E-state index contributed by atoms with van der Waals surface area (Å²) in [6.45, 7) is 5.43. The average Bonchev–Trinajstić information content (AvgIpc) is 2.72. The first-order valence-electron chi connectivity index (χ1n) is 5.89. The van der Waals surface area contributed by atoms with Crippen LogP contribution in [0.15, 0.2) is 32.3 Å². The lowest BCUT2D eigenvalue weighted by Crippen LogP contribution is -2.23. The van der Waals surface area contributed by atoms with Gasteiger partial charge in [0.05, 0.1) is 11.0 Å². The molecule has 0 radical (unpaired) electrons. The highest BCUT2D eigenvalue weighted by Gasteiger charge is 2.09. The summed E-state index contributed by atoms with van der Waals surface area (Å²) in [5.41, 5.74) is -0.0812. The number of nitrogens with zero attached hydrogens (tertiary/aromatic N) is 4. The fraction of sp³-hybridized carbons (Fsp3) is 0.417. The second-order valence-electron chi connectivity index (χ2n) is 4.69. The summed E-state index contributed by atoms with van der Waals surface area (Å²) in [7, 11) is 0. The molecular formula is C12H14Br2N4O. The Morgan fingerprint density at radius 1 is 1.37 bits per heavy atom. The molecule has 0 aliphatic heterocycles. The van der Waals surface area contributed by atoms with Crippen molar-refractivity contribution in [3.8, 4) is 0 Å². The molecule has 7 heteroatoms. The zero-order valence-electron chi connectivity index (χ0n) is 10.7. The molecular weight excluding hydrogens is 376 g/mol. The van der Waals surface area contributed by atoms with E-state index in [4.69, 9.17) is 0 Å². The van der Waals surface area contributed by atoms with Crippen molar-refractivity contribution in [3.63, 3.8) is 0 Å². The molecule has 0 aromatic carbocycles. The molecule has 2 heterocycles. The summed E-state index contributed by atoms with van der Waals surface area (Å²) in [6, 6.07) is 1.73. The quantitative estimate of drug-likeness (QED) is 0.807. The van der Waals surface area contributed by atoms with Crippen LogP contribution < -0.4 is 5.56 Å². The van der Waals surface area contributed by atoms with Crippen molar-refractivity contribution in [2.75, 3.05) is 0 Å². The lowest BCUT2D eigenvalue weighted by Gasteiger charge is -2.10. The van der Waals surface area contributed by atoms with E-state index < -0.39 is 0 Å². The van der Waals surface area contributed by atoms with Gasteiger partial charge in [0, 0.05) is 17.2 Å². The average molecular weight is 390 g/mol. The normalized spacial score (nSPS) is 11.2. The Labute approximate surface area is 127 Å². The first-order valence-corrected chi connectivity index (χ1v) is 7.48. The van der Waals surface area contributed by atoms with Gasteiger partial charge >= 0.3 is 0 Å². The van der Waals surface area contributed by atoms with Crippen LogP contribution in [0.2, 0.25) is 0 Å². The van der Waals surface area contributed by atoms with Gasteiger partial charge < -0.3 is 4.57 Å². The lowest BCUT2D eigenvalue weighted by molar-refractivity contribution is 0.459. The number of hydrogen-bond donors (Lipinski definition) is 0. The molecule has 0 spiro atoms. The van der Waals surface area contributed by atoms with Crippen LogP contribution in [0.1, 0.15) is 19.7 Å². The molecule has 0 amide bonds. The highest BCUT2D eigenvalue weighted by molar-refractivity contribution is 9.11. The van der Waals surface area contributed by atoms with Crippen LogP contribution in [0.4, 0.5) is 0 Å². The maximum Gasteiger partial charge on any atom is 0.265 e. The van der Waals surface area contributed by atoms with Gasteiger partial charge in [-0.1, -0.05) is 13.8 Å². The Balaban J connectivity index is 2.32. The molecule has 2 rings (SSSR count). The van der Waals surface area contributed by atoms with Crippen molar-refractivity contribution in [3.05, 3.63) is 43.7 Å². The smallest absolute Gasteiger partial charge is 0.265 e. The maximum absolute atomic E-state index is 12.0. The van der Waals surface area contributed by atoms with E-state index in [1.54, 1.807) is 16.8 Å². The summed E-state index contributed by atoms with van der Waals surface area (Å²) < 4.78 is 4.81. The summed E-state index contributed by atoms with van der Waals surface area (Å²) >= 11 is 6.63. The van der Waals surface area contributed by atoms with Crippen LogP contribution in [-0.4, -0.2) is 19.3 Å². The SMILES string of the molecule is CC(C)Cn1ncnc1Cn1cc(Br)cc(Br)c1=O. The maximum atomic E-state index is 12.0.